The van der Waals surface area contributed by atoms with Crippen LogP contribution in [0.2, 0.25) is 0 Å². The van der Waals surface area contributed by atoms with Gasteiger partial charge in [0.25, 0.3) is 0 Å². The number of hydrogen-bond acceptors (Lipinski definition) is 2. The summed E-state index contributed by atoms with van der Waals surface area (Å²) in [5.41, 5.74) is 0. The minimum Gasteiger partial charge on any atom is -0.317 e. The van der Waals surface area contributed by atoms with E-state index in [2.05, 4.69) is 31.0 Å². The van der Waals surface area contributed by atoms with Crippen LogP contribution >= 0.6 is 0 Å². The van der Waals surface area contributed by atoms with Crippen LogP contribution in [0.3, 0.4) is 0 Å². The molecule has 1 saturated heterocycles. The first-order chi connectivity index (χ1) is 8.77. The average molecular weight is 254 g/mol. The molecule has 1 heterocycles. The summed E-state index contributed by atoms with van der Waals surface area (Å²) < 4.78 is 0. The highest BCUT2D eigenvalue weighted by atomic mass is 15.1. The van der Waals surface area contributed by atoms with Crippen molar-refractivity contribution in [2.45, 2.75) is 71.8 Å². The summed E-state index contributed by atoms with van der Waals surface area (Å²) in [6, 6.07) is 0.759. The van der Waals surface area contributed by atoms with Crippen LogP contribution in [0.4, 0.5) is 0 Å². The van der Waals surface area contributed by atoms with Crippen molar-refractivity contribution < 1.29 is 0 Å². The van der Waals surface area contributed by atoms with Crippen LogP contribution in [-0.4, -0.2) is 37.1 Å². The molecule has 1 aliphatic heterocycles. The van der Waals surface area contributed by atoms with Crippen LogP contribution in [0.15, 0.2) is 0 Å². The fourth-order valence-corrected chi connectivity index (χ4v) is 3.12. The lowest BCUT2D eigenvalue weighted by Crippen LogP contribution is -2.36. The lowest BCUT2D eigenvalue weighted by Gasteiger charge is -2.27. The Hall–Kier alpha value is -0.0800. The van der Waals surface area contributed by atoms with Gasteiger partial charge in [0.15, 0.2) is 0 Å². The Morgan fingerprint density at radius 3 is 2.67 bits per heavy atom. The zero-order valence-electron chi connectivity index (χ0n) is 12.9. The van der Waals surface area contributed by atoms with Gasteiger partial charge in [-0.1, -0.05) is 26.7 Å². The van der Waals surface area contributed by atoms with Crippen LogP contribution in [0.25, 0.3) is 0 Å². The molecule has 0 amide bonds. The molecule has 0 radical (unpaired) electrons. The molecule has 1 N–H and O–H groups in total. The molecule has 0 saturated carbocycles. The van der Waals surface area contributed by atoms with Crippen LogP contribution in [0, 0.1) is 5.92 Å². The quantitative estimate of drug-likeness (QED) is 0.665. The minimum absolute atomic E-state index is 0.759. The predicted molar refractivity (Wildman–Crippen MR) is 81.1 cm³/mol. The maximum absolute atomic E-state index is 3.52. The molecule has 1 aliphatic rings. The SMILES string of the molecule is CCCNCCC(C)N1CCCC(CCC)CC1. The predicted octanol–water partition coefficient (Wildman–Crippen LogP) is 3.67. The third-order valence-corrected chi connectivity index (χ3v) is 4.37. The first-order valence-electron chi connectivity index (χ1n) is 8.22. The summed E-state index contributed by atoms with van der Waals surface area (Å²) in [5, 5.41) is 3.52. The van der Waals surface area contributed by atoms with Crippen molar-refractivity contribution in [3.8, 4) is 0 Å². The maximum atomic E-state index is 3.52. The van der Waals surface area contributed by atoms with Crippen molar-refractivity contribution in [3.05, 3.63) is 0 Å². The summed E-state index contributed by atoms with van der Waals surface area (Å²) in [6.07, 6.45) is 9.67. The molecule has 108 valence electrons. The van der Waals surface area contributed by atoms with Gasteiger partial charge in [0.1, 0.15) is 0 Å². The van der Waals surface area contributed by atoms with E-state index in [-0.39, 0.29) is 0 Å². The third kappa shape index (κ3) is 6.19. The van der Waals surface area contributed by atoms with E-state index < -0.39 is 0 Å². The molecule has 18 heavy (non-hydrogen) atoms. The van der Waals surface area contributed by atoms with E-state index in [1.165, 1.54) is 71.1 Å². The van der Waals surface area contributed by atoms with Gasteiger partial charge in [0.05, 0.1) is 0 Å². The van der Waals surface area contributed by atoms with Gasteiger partial charge in [-0.3, -0.25) is 0 Å². The van der Waals surface area contributed by atoms with Gasteiger partial charge < -0.3 is 10.2 Å². The van der Waals surface area contributed by atoms with Gasteiger partial charge in [-0.15, -0.1) is 0 Å². The molecule has 2 unspecified atom stereocenters. The average Bonchev–Trinajstić information content (AvgIpc) is 2.61. The van der Waals surface area contributed by atoms with E-state index in [4.69, 9.17) is 0 Å². The topological polar surface area (TPSA) is 15.3 Å². The van der Waals surface area contributed by atoms with Gasteiger partial charge >= 0.3 is 0 Å². The summed E-state index contributed by atoms with van der Waals surface area (Å²) in [5.74, 6) is 1.01. The number of nitrogens with zero attached hydrogens (tertiary/aromatic N) is 1. The lowest BCUT2D eigenvalue weighted by atomic mass is 9.96. The smallest absolute Gasteiger partial charge is 0.00790 e. The molecule has 1 fully saturated rings. The standard InChI is InChI=1S/C16H34N2/c1-4-7-16-8-6-13-18(14-10-16)15(3)9-12-17-11-5-2/h15-17H,4-14H2,1-3H3. The highest BCUT2D eigenvalue weighted by molar-refractivity contribution is 4.74. The summed E-state index contributed by atoms with van der Waals surface area (Å²) in [6.45, 7) is 12.0. The Balaban J connectivity index is 2.20. The molecule has 0 spiro atoms. The van der Waals surface area contributed by atoms with E-state index in [0.717, 1.165) is 12.0 Å². The summed E-state index contributed by atoms with van der Waals surface area (Å²) >= 11 is 0. The molecular formula is C16H34N2. The Bertz CT molecular complexity index is 194. The molecule has 0 bridgehead atoms. The van der Waals surface area contributed by atoms with Crippen LogP contribution < -0.4 is 5.32 Å². The van der Waals surface area contributed by atoms with Gasteiger partial charge in [-0.2, -0.15) is 0 Å². The Morgan fingerprint density at radius 1 is 1.11 bits per heavy atom. The highest BCUT2D eigenvalue weighted by Crippen LogP contribution is 2.23. The third-order valence-electron chi connectivity index (χ3n) is 4.37. The van der Waals surface area contributed by atoms with Crippen molar-refractivity contribution in [1.29, 1.82) is 0 Å². The monoisotopic (exact) mass is 254 g/mol. The molecule has 0 aliphatic carbocycles. The van der Waals surface area contributed by atoms with Crippen molar-refractivity contribution in [2.24, 2.45) is 5.92 Å². The highest BCUT2D eigenvalue weighted by Gasteiger charge is 2.19. The zero-order chi connectivity index (χ0) is 13.2. The largest absolute Gasteiger partial charge is 0.317 e. The molecule has 0 aromatic carbocycles. The van der Waals surface area contributed by atoms with Gasteiger partial charge in [0, 0.05) is 6.04 Å². The first-order valence-corrected chi connectivity index (χ1v) is 8.22. The second-order valence-electron chi connectivity index (χ2n) is 6.01. The second-order valence-corrected chi connectivity index (χ2v) is 6.01. The van der Waals surface area contributed by atoms with E-state index in [1.807, 2.05) is 0 Å². The molecule has 1 rings (SSSR count). The zero-order valence-corrected chi connectivity index (χ0v) is 12.9. The normalized spacial score (nSPS) is 23.8. The van der Waals surface area contributed by atoms with Crippen LogP contribution in [0.5, 0.6) is 0 Å². The fraction of sp³-hybridized carbons (Fsp3) is 1.00. The number of rotatable bonds is 8. The van der Waals surface area contributed by atoms with E-state index >= 15 is 0 Å². The van der Waals surface area contributed by atoms with Gasteiger partial charge in [-0.25, -0.2) is 0 Å². The fourth-order valence-electron chi connectivity index (χ4n) is 3.12. The molecule has 2 heteroatoms. The maximum Gasteiger partial charge on any atom is 0.00790 e. The van der Waals surface area contributed by atoms with E-state index in [0.29, 0.717) is 0 Å². The first kappa shape index (κ1) is 16.0. The summed E-state index contributed by atoms with van der Waals surface area (Å²) in [4.78, 5) is 2.73. The molecule has 0 aromatic rings. The Morgan fingerprint density at radius 2 is 1.94 bits per heavy atom. The molecule has 2 nitrogen and oxygen atoms in total. The minimum atomic E-state index is 0.759. The van der Waals surface area contributed by atoms with E-state index in [9.17, 15) is 0 Å². The van der Waals surface area contributed by atoms with Crippen molar-refractivity contribution >= 4 is 0 Å². The number of likely N-dealkylation sites (tertiary alicyclic amines) is 1. The van der Waals surface area contributed by atoms with Crippen molar-refractivity contribution in [2.75, 3.05) is 26.2 Å². The Labute approximate surface area is 115 Å². The van der Waals surface area contributed by atoms with Gasteiger partial charge in [-0.05, 0) is 71.1 Å². The summed E-state index contributed by atoms with van der Waals surface area (Å²) in [7, 11) is 0. The Kier molecular flexibility index (Phi) is 8.70. The number of nitrogens with one attached hydrogen (secondary N) is 1. The van der Waals surface area contributed by atoms with Gasteiger partial charge in [0.2, 0.25) is 0 Å². The van der Waals surface area contributed by atoms with Crippen LogP contribution in [-0.2, 0) is 0 Å². The lowest BCUT2D eigenvalue weighted by molar-refractivity contribution is 0.203. The molecule has 0 aromatic heterocycles. The van der Waals surface area contributed by atoms with Crippen molar-refractivity contribution in [1.82, 2.24) is 10.2 Å². The number of hydrogen-bond donors (Lipinski definition) is 1. The van der Waals surface area contributed by atoms with Crippen LogP contribution in [0.1, 0.15) is 65.7 Å². The molecule has 2 atom stereocenters. The van der Waals surface area contributed by atoms with E-state index in [1.54, 1.807) is 0 Å². The second kappa shape index (κ2) is 9.80. The van der Waals surface area contributed by atoms with Crippen molar-refractivity contribution in [3.63, 3.8) is 0 Å². The molecular weight excluding hydrogens is 220 g/mol.